The largest absolute Gasteiger partial charge is 0.454 e. The van der Waals surface area contributed by atoms with E-state index >= 15 is 0 Å². The Labute approximate surface area is 220 Å². The summed E-state index contributed by atoms with van der Waals surface area (Å²) in [7, 11) is 1.88. The molecule has 11 nitrogen and oxygen atoms in total. The van der Waals surface area contributed by atoms with Gasteiger partial charge in [0.1, 0.15) is 11.4 Å². The molecule has 2 aliphatic rings. The fourth-order valence-corrected chi connectivity index (χ4v) is 4.88. The van der Waals surface area contributed by atoms with Crippen molar-refractivity contribution in [3.05, 3.63) is 48.5 Å². The maximum Gasteiger partial charge on any atom is 0.410 e. The zero-order chi connectivity index (χ0) is 26.4. The van der Waals surface area contributed by atoms with Crippen LogP contribution in [0.4, 0.5) is 16.3 Å². The molecule has 1 unspecified atom stereocenters. The number of aryl methyl sites for hydroxylation is 1. The maximum absolute atomic E-state index is 12.8. The van der Waals surface area contributed by atoms with Gasteiger partial charge in [-0.1, -0.05) is 0 Å². The third-order valence-electron chi connectivity index (χ3n) is 6.64. The smallest absolute Gasteiger partial charge is 0.410 e. The van der Waals surface area contributed by atoms with E-state index in [-0.39, 0.29) is 18.8 Å². The molecule has 0 radical (unpaired) electrons. The van der Waals surface area contributed by atoms with E-state index in [9.17, 15) is 4.79 Å². The lowest BCUT2D eigenvalue weighted by Gasteiger charge is -2.34. The molecule has 3 aromatic heterocycles. The second-order valence-electron chi connectivity index (χ2n) is 10.7. The van der Waals surface area contributed by atoms with Crippen LogP contribution in [0, 0.1) is 0 Å². The predicted octanol–water partition coefficient (Wildman–Crippen LogP) is 4.72. The van der Waals surface area contributed by atoms with Gasteiger partial charge in [-0.3, -0.25) is 4.68 Å². The highest BCUT2D eigenvalue weighted by molar-refractivity contribution is 5.78. The molecule has 1 aromatic carbocycles. The normalized spacial score (nSPS) is 17.2. The topological polar surface area (TPSA) is 108 Å². The van der Waals surface area contributed by atoms with Gasteiger partial charge in [-0.15, -0.1) is 0 Å². The Morgan fingerprint density at radius 2 is 1.97 bits per heavy atom. The Morgan fingerprint density at radius 1 is 1.13 bits per heavy atom. The Hall–Kier alpha value is -4.28. The number of carbonyl (C=O) groups is 1. The molecule has 4 aromatic rings. The first-order valence-corrected chi connectivity index (χ1v) is 12.8. The van der Waals surface area contributed by atoms with E-state index in [2.05, 4.69) is 15.5 Å². The molecule has 38 heavy (non-hydrogen) atoms. The van der Waals surface area contributed by atoms with Crippen LogP contribution >= 0.6 is 0 Å². The highest BCUT2D eigenvalue weighted by Gasteiger charge is 2.30. The summed E-state index contributed by atoms with van der Waals surface area (Å²) in [4.78, 5) is 19.7. The third-order valence-corrected chi connectivity index (χ3v) is 6.64. The molecule has 1 N–H and O–H groups in total. The number of benzene rings is 1. The number of amides is 1. The standard InChI is InChI=1S/C27H31N7O4/c1-27(2,3)38-26(35)33-9-5-6-17(15-33)21-11-24(30-19-7-8-22-23(10-19)37-16-36-22)34-25(31-21)20(13-29-34)18-12-28-32(4)14-18/h7-8,10-14,17,30H,5-6,9,15-16H2,1-4H3. The van der Waals surface area contributed by atoms with Gasteiger partial charge in [0, 0.05) is 61.2 Å². The van der Waals surface area contributed by atoms with Crippen LogP contribution in [0.2, 0.25) is 0 Å². The molecule has 0 aliphatic carbocycles. The summed E-state index contributed by atoms with van der Waals surface area (Å²) in [6.07, 6.45) is 7.06. The first-order chi connectivity index (χ1) is 18.2. The first kappa shape index (κ1) is 24.1. The van der Waals surface area contributed by atoms with Gasteiger partial charge in [-0.25, -0.2) is 9.78 Å². The molecule has 5 heterocycles. The number of likely N-dealkylation sites (tertiary alicyclic amines) is 1. The molecule has 1 saturated heterocycles. The molecule has 198 valence electrons. The van der Waals surface area contributed by atoms with E-state index < -0.39 is 5.60 Å². The van der Waals surface area contributed by atoms with E-state index in [0.29, 0.717) is 24.5 Å². The Bertz CT molecular complexity index is 1500. The van der Waals surface area contributed by atoms with Crippen LogP contribution in [-0.2, 0) is 11.8 Å². The van der Waals surface area contributed by atoms with Gasteiger partial charge in [0.2, 0.25) is 6.79 Å². The van der Waals surface area contributed by atoms with E-state index in [1.54, 1.807) is 20.3 Å². The van der Waals surface area contributed by atoms with Crippen LogP contribution in [-0.4, -0.2) is 60.9 Å². The number of aromatic nitrogens is 5. The summed E-state index contributed by atoms with van der Waals surface area (Å²) in [5, 5.41) is 12.5. The Morgan fingerprint density at radius 3 is 2.76 bits per heavy atom. The Kier molecular flexibility index (Phi) is 5.85. The van der Waals surface area contributed by atoms with Crippen LogP contribution in [0.1, 0.15) is 45.2 Å². The van der Waals surface area contributed by atoms with Crippen molar-refractivity contribution in [3.63, 3.8) is 0 Å². The van der Waals surface area contributed by atoms with Crippen LogP contribution in [0.15, 0.2) is 42.9 Å². The van der Waals surface area contributed by atoms with Crippen LogP contribution in [0.25, 0.3) is 16.8 Å². The van der Waals surface area contributed by atoms with Crippen LogP contribution in [0.5, 0.6) is 11.5 Å². The number of nitrogens with zero attached hydrogens (tertiary/aromatic N) is 6. The minimum Gasteiger partial charge on any atom is -0.454 e. The van der Waals surface area contributed by atoms with Crippen molar-refractivity contribution in [3.8, 4) is 22.6 Å². The molecule has 1 atom stereocenters. The van der Waals surface area contributed by atoms with Gasteiger partial charge in [0.05, 0.1) is 18.1 Å². The van der Waals surface area contributed by atoms with Crippen molar-refractivity contribution in [2.45, 2.75) is 45.1 Å². The number of nitrogens with one attached hydrogen (secondary N) is 1. The lowest BCUT2D eigenvalue weighted by atomic mass is 9.94. The minimum atomic E-state index is -0.543. The van der Waals surface area contributed by atoms with Crippen molar-refractivity contribution in [2.75, 3.05) is 25.2 Å². The minimum absolute atomic E-state index is 0.0511. The number of hydrogen-bond acceptors (Lipinski definition) is 8. The van der Waals surface area contributed by atoms with E-state index in [1.807, 2.05) is 64.5 Å². The molecule has 6 rings (SSSR count). The molecule has 1 amide bonds. The summed E-state index contributed by atoms with van der Waals surface area (Å²) in [6, 6.07) is 7.75. The average Bonchev–Trinajstić information content (AvgIpc) is 3.62. The molecule has 11 heteroatoms. The number of hydrogen-bond donors (Lipinski definition) is 1. The zero-order valence-electron chi connectivity index (χ0n) is 22.0. The van der Waals surface area contributed by atoms with E-state index in [4.69, 9.17) is 19.2 Å². The van der Waals surface area contributed by atoms with E-state index in [1.165, 1.54) is 0 Å². The summed E-state index contributed by atoms with van der Waals surface area (Å²) in [6.45, 7) is 7.08. The van der Waals surface area contributed by atoms with E-state index in [0.717, 1.165) is 46.9 Å². The number of ether oxygens (including phenoxy) is 3. The van der Waals surface area contributed by atoms with Gasteiger partial charge in [-0.05, 0) is 45.7 Å². The molecule has 0 bridgehead atoms. The number of rotatable bonds is 4. The number of anilines is 2. The fraction of sp³-hybridized carbons (Fsp3) is 0.407. The average molecular weight is 518 g/mol. The SMILES string of the molecule is Cn1cc(-c2cnn3c(Nc4ccc5c(c4)OCO5)cc(C4CCCN(C(=O)OC(C)(C)C)C4)nc23)cn1. The number of piperidine rings is 1. The van der Waals surface area contributed by atoms with Gasteiger partial charge < -0.3 is 24.4 Å². The van der Waals surface area contributed by atoms with Crippen molar-refractivity contribution in [2.24, 2.45) is 7.05 Å². The van der Waals surface area contributed by atoms with Gasteiger partial charge in [0.25, 0.3) is 0 Å². The summed E-state index contributed by atoms with van der Waals surface area (Å²) in [5.74, 6) is 2.22. The molecule has 0 saturated carbocycles. The summed E-state index contributed by atoms with van der Waals surface area (Å²) < 4.78 is 20.2. The zero-order valence-corrected chi connectivity index (χ0v) is 22.0. The fourth-order valence-electron chi connectivity index (χ4n) is 4.88. The lowest BCUT2D eigenvalue weighted by Crippen LogP contribution is -2.42. The molecular weight excluding hydrogens is 486 g/mol. The first-order valence-electron chi connectivity index (χ1n) is 12.8. The number of fused-ring (bicyclic) bond motifs is 2. The van der Waals surface area contributed by atoms with Crippen molar-refractivity contribution in [1.82, 2.24) is 29.3 Å². The lowest BCUT2D eigenvalue weighted by molar-refractivity contribution is 0.0197. The summed E-state index contributed by atoms with van der Waals surface area (Å²) >= 11 is 0. The second kappa shape index (κ2) is 9.23. The van der Waals surface area contributed by atoms with Crippen molar-refractivity contribution in [1.29, 1.82) is 0 Å². The Balaban J connectivity index is 1.38. The van der Waals surface area contributed by atoms with Crippen molar-refractivity contribution < 1.29 is 19.0 Å². The highest BCUT2D eigenvalue weighted by Crippen LogP contribution is 2.36. The molecule has 1 fully saturated rings. The monoisotopic (exact) mass is 517 g/mol. The predicted molar refractivity (Wildman–Crippen MR) is 141 cm³/mol. The molecule has 2 aliphatic heterocycles. The maximum atomic E-state index is 12.8. The third kappa shape index (κ3) is 4.71. The van der Waals surface area contributed by atoms with Gasteiger partial charge in [-0.2, -0.15) is 14.7 Å². The highest BCUT2D eigenvalue weighted by atomic mass is 16.7. The number of carbonyl (C=O) groups excluding carboxylic acids is 1. The molecular formula is C27H31N7O4. The van der Waals surface area contributed by atoms with Crippen LogP contribution in [0.3, 0.4) is 0 Å². The molecule has 0 spiro atoms. The summed E-state index contributed by atoms with van der Waals surface area (Å²) in [5.41, 5.74) is 3.71. The second-order valence-corrected chi connectivity index (χ2v) is 10.7. The van der Waals surface area contributed by atoms with Gasteiger partial charge >= 0.3 is 6.09 Å². The van der Waals surface area contributed by atoms with Gasteiger partial charge in [0.15, 0.2) is 17.1 Å². The quantitative estimate of drug-likeness (QED) is 0.414. The van der Waals surface area contributed by atoms with Crippen molar-refractivity contribution >= 4 is 23.2 Å². The van der Waals surface area contributed by atoms with Crippen LogP contribution < -0.4 is 14.8 Å².